The summed E-state index contributed by atoms with van der Waals surface area (Å²) in [6.45, 7) is 5.09. The van der Waals surface area contributed by atoms with Crippen molar-refractivity contribution in [2.45, 2.75) is 30.1 Å². The van der Waals surface area contributed by atoms with E-state index in [9.17, 15) is 21.6 Å². The Balaban J connectivity index is 1.50. The van der Waals surface area contributed by atoms with Crippen LogP contribution in [0, 0.1) is 11.8 Å². The first-order valence-electron chi connectivity index (χ1n) is 10.5. The van der Waals surface area contributed by atoms with Crippen LogP contribution in [0.2, 0.25) is 0 Å². The number of amides is 1. The molecule has 4 rings (SSSR count). The monoisotopic (exact) mass is 507 g/mol. The van der Waals surface area contributed by atoms with Gasteiger partial charge in [-0.3, -0.25) is 10.1 Å². The minimum absolute atomic E-state index is 0.161. The molecule has 0 bridgehead atoms. The largest absolute Gasteiger partial charge is 0.298 e. The molecule has 8 nitrogen and oxygen atoms in total. The van der Waals surface area contributed by atoms with Gasteiger partial charge in [-0.25, -0.2) is 21.8 Å². The van der Waals surface area contributed by atoms with E-state index in [0.29, 0.717) is 45.8 Å². The van der Waals surface area contributed by atoms with E-state index in [1.807, 2.05) is 0 Å². The fourth-order valence-corrected chi connectivity index (χ4v) is 7.39. The molecule has 1 fully saturated rings. The number of nitrogens with one attached hydrogen (secondary N) is 1. The second-order valence-electron chi connectivity index (χ2n) is 8.67. The molecule has 2 atom stereocenters. The lowest BCUT2D eigenvalue weighted by Gasteiger charge is -2.34. The molecule has 0 aliphatic carbocycles. The van der Waals surface area contributed by atoms with Gasteiger partial charge in [-0.2, -0.15) is 4.31 Å². The van der Waals surface area contributed by atoms with Gasteiger partial charge in [0.05, 0.1) is 20.0 Å². The summed E-state index contributed by atoms with van der Waals surface area (Å²) < 4.78 is 51.7. The van der Waals surface area contributed by atoms with Crippen molar-refractivity contribution in [3.05, 3.63) is 48.0 Å². The Hall–Kier alpha value is -2.34. The number of rotatable bonds is 5. The lowest BCUT2D eigenvalue weighted by atomic mass is 9.94. The van der Waals surface area contributed by atoms with Crippen LogP contribution >= 0.6 is 11.3 Å². The van der Waals surface area contributed by atoms with Gasteiger partial charge < -0.3 is 0 Å². The highest BCUT2D eigenvalue weighted by Crippen LogP contribution is 2.29. The third kappa shape index (κ3) is 5.11. The summed E-state index contributed by atoms with van der Waals surface area (Å²) in [4.78, 5) is 17.3. The van der Waals surface area contributed by atoms with Crippen LogP contribution < -0.4 is 5.32 Å². The second kappa shape index (κ2) is 8.79. The number of fused-ring (bicyclic) bond motifs is 1. The van der Waals surface area contributed by atoms with Crippen LogP contribution in [0.15, 0.2) is 52.3 Å². The maximum absolute atomic E-state index is 13.0. The molecule has 11 heteroatoms. The van der Waals surface area contributed by atoms with Gasteiger partial charge >= 0.3 is 0 Å². The van der Waals surface area contributed by atoms with Gasteiger partial charge in [-0.05, 0) is 60.7 Å². The lowest BCUT2D eigenvalue weighted by Crippen LogP contribution is -2.42. The van der Waals surface area contributed by atoms with Crippen molar-refractivity contribution in [2.75, 3.05) is 24.7 Å². The molecule has 176 valence electrons. The number of carbonyl (C=O) groups excluding carboxylic acids is 1. The standard InChI is InChI=1S/C22H25N3O5S3/c1-14-10-15(2)13-25(12-14)33(29,30)17-6-4-16(5-7-17)21(26)24-22-23-19-9-8-18(32(3,27)28)11-20(19)31-22/h4-9,11,14-15H,10,12-13H2,1-3H3,(H,23,24,26)/t14-,15-/m0/s1. The van der Waals surface area contributed by atoms with Crippen molar-refractivity contribution >= 4 is 52.5 Å². The summed E-state index contributed by atoms with van der Waals surface area (Å²) in [6.07, 6.45) is 2.14. The average molecular weight is 508 g/mol. The highest BCUT2D eigenvalue weighted by Gasteiger charge is 2.31. The molecule has 0 radical (unpaired) electrons. The summed E-state index contributed by atoms with van der Waals surface area (Å²) in [5.41, 5.74) is 0.875. The average Bonchev–Trinajstić information content (AvgIpc) is 3.14. The van der Waals surface area contributed by atoms with E-state index >= 15 is 0 Å². The molecular weight excluding hydrogens is 482 g/mol. The highest BCUT2D eigenvalue weighted by molar-refractivity contribution is 7.90. The first-order chi connectivity index (χ1) is 15.4. The molecule has 0 saturated carbocycles. The number of sulfone groups is 1. The Labute approximate surface area is 197 Å². The Bertz CT molecular complexity index is 1400. The number of carbonyl (C=O) groups is 1. The number of sulfonamides is 1. The number of thiazole rings is 1. The van der Waals surface area contributed by atoms with Crippen LogP contribution in [0.1, 0.15) is 30.6 Å². The summed E-state index contributed by atoms with van der Waals surface area (Å²) in [6, 6.07) is 10.5. The zero-order valence-electron chi connectivity index (χ0n) is 18.5. The summed E-state index contributed by atoms with van der Waals surface area (Å²) in [5, 5.41) is 3.03. The molecule has 1 saturated heterocycles. The van der Waals surface area contributed by atoms with Crippen LogP contribution in [0.3, 0.4) is 0 Å². The fraction of sp³-hybridized carbons (Fsp3) is 0.364. The van der Waals surface area contributed by atoms with Gasteiger partial charge in [0, 0.05) is 24.9 Å². The minimum Gasteiger partial charge on any atom is -0.298 e. The molecular formula is C22H25N3O5S3. The summed E-state index contributed by atoms with van der Waals surface area (Å²) in [5.74, 6) is 0.174. The summed E-state index contributed by atoms with van der Waals surface area (Å²) in [7, 11) is -6.96. The molecule has 0 unspecified atom stereocenters. The third-order valence-electron chi connectivity index (χ3n) is 5.60. The number of benzene rings is 2. The van der Waals surface area contributed by atoms with E-state index in [4.69, 9.17) is 0 Å². The van der Waals surface area contributed by atoms with E-state index in [1.165, 1.54) is 52.0 Å². The SMILES string of the molecule is C[C@H]1C[C@H](C)CN(S(=O)(=O)c2ccc(C(=O)Nc3nc4ccc(S(C)(=O)=O)cc4s3)cc2)C1. The maximum Gasteiger partial charge on any atom is 0.257 e. The number of piperidine rings is 1. The van der Waals surface area contributed by atoms with Crippen molar-refractivity contribution in [1.29, 1.82) is 0 Å². The molecule has 0 spiro atoms. The molecule has 1 aliphatic rings. The fourth-order valence-electron chi connectivity index (χ4n) is 4.09. The normalized spacial score (nSPS) is 20.1. The van der Waals surface area contributed by atoms with Gasteiger partial charge in [-0.15, -0.1) is 0 Å². The molecule has 1 aliphatic heterocycles. The molecule has 2 heterocycles. The number of hydrogen-bond acceptors (Lipinski definition) is 7. The van der Waals surface area contributed by atoms with E-state index < -0.39 is 25.8 Å². The molecule has 3 aromatic rings. The predicted octanol–water partition coefficient (Wildman–Crippen LogP) is 3.62. The van der Waals surface area contributed by atoms with Gasteiger partial charge in [0.15, 0.2) is 15.0 Å². The second-order valence-corrected chi connectivity index (χ2v) is 13.7. The first-order valence-corrected chi connectivity index (χ1v) is 14.6. The van der Waals surface area contributed by atoms with Crippen LogP contribution in [-0.2, 0) is 19.9 Å². The van der Waals surface area contributed by atoms with E-state index in [-0.39, 0.29) is 9.79 Å². The van der Waals surface area contributed by atoms with E-state index in [0.717, 1.165) is 12.7 Å². The number of hydrogen-bond donors (Lipinski definition) is 1. The Kier molecular flexibility index (Phi) is 6.34. The zero-order valence-corrected chi connectivity index (χ0v) is 20.9. The van der Waals surface area contributed by atoms with Crippen molar-refractivity contribution in [3.63, 3.8) is 0 Å². The Morgan fingerprint density at radius 2 is 1.61 bits per heavy atom. The predicted molar refractivity (Wildman–Crippen MR) is 129 cm³/mol. The minimum atomic E-state index is -3.62. The van der Waals surface area contributed by atoms with Gasteiger partial charge in [-0.1, -0.05) is 25.2 Å². The number of anilines is 1. The number of aromatic nitrogens is 1. The first kappa shape index (κ1) is 23.8. The van der Waals surface area contributed by atoms with Gasteiger partial charge in [0.2, 0.25) is 10.0 Å². The van der Waals surface area contributed by atoms with E-state index in [1.54, 1.807) is 6.07 Å². The number of nitrogens with zero attached hydrogens (tertiary/aromatic N) is 2. The van der Waals surface area contributed by atoms with E-state index in [2.05, 4.69) is 24.1 Å². The Morgan fingerprint density at radius 3 is 2.21 bits per heavy atom. The molecule has 1 amide bonds. The molecule has 2 aromatic carbocycles. The van der Waals surface area contributed by atoms with Crippen LogP contribution in [0.4, 0.5) is 5.13 Å². The summed E-state index contributed by atoms with van der Waals surface area (Å²) >= 11 is 1.17. The maximum atomic E-state index is 13.0. The quantitative estimate of drug-likeness (QED) is 0.564. The van der Waals surface area contributed by atoms with Crippen molar-refractivity contribution < 1.29 is 21.6 Å². The zero-order chi connectivity index (χ0) is 24.0. The van der Waals surface area contributed by atoms with Crippen LogP contribution in [0.5, 0.6) is 0 Å². The third-order valence-corrected chi connectivity index (χ3v) is 9.49. The molecule has 33 heavy (non-hydrogen) atoms. The van der Waals surface area contributed by atoms with Crippen molar-refractivity contribution in [1.82, 2.24) is 9.29 Å². The Morgan fingerprint density at radius 1 is 1.00 bits per heavy atom. The topological polar surface area (TPSA) is 114 Å². The molecule has 1 aromatic heterocycles. The van der Waals surface area contributed by atoms with Crippen LogP contribution in [0.25, 0.3) is 10.2 Å². The van der Waals surface area contributed by atoms with Gasteiger partial charge in [0.25, 0.3) is 5.91 Å². The van der Waals surface area contributed by atoms with Crippen LogP contribution in [-0.4, -0.2) is 51.4 Å². The van der Waals surface area contributed by atoms with Gasteiger partial charge in [0.1, 0.15) is 0 Å². The van der Waals surface area contributed by atoms with Crippen molar-refractivity contribution in [2.24, 2.45) is 11.8 Å². The molecule has 1 N–H and O–H groups in total. The lowest BCUT2D eigenvalue weighted by molar-refractivity contribution is 0.102. The smallest absolute Gasteiger partial charge is 0.257 e. The highest BCUT2D eigenvalue weighted by atomic mass is 32.2. The van der Waals surface area contributed by atoms with Crippen molar-refractivity contribution in [3.8, 4) is 0 Å².